The Balaban J connectivity index is 1.73. The molecule has 0 fully saturated rings. The minimum absolute atomic E-state index is 0.0990. The molecule has 4 aromatic rings. The van der Waals surface area contributed by atoms with Gasteiger partial charge in [0.2, 0.25) is 0 Å². The molecule has 2 aromatic heterocycles. The molecule has 0 spiro atoms. The van der Waals surface area contributed by atoms with Crippen LogP contribution < -0.4 is 4.74 Å². The van der Waals surface area contributed by atoms with Gasteiger partial charge in [-0.25, -0.2) is 9.78 Å². The lowest BCUT2D eigenvalue weighted by molar-refractivity contribution is 0.0697. The summed E-state index contributed by atoms with van der Waals surface area (Å²) in [6.07, 6.45) is 3.39. The summed E-state index contributed by atoms with van der Waals surface area (Å²) in [5, 5.41) is 9.79. The molecule has 0 aliphatic carbocycles. The van der Waals surface area contributed by atoms with Crippen LogP contribution in [0.3, 0.4) is 0 Å². The van der Waals surface area contributed by atoms with Gasteiger partial charge in [-0.1, -0.05) is 11.6 Å². The SMILES string of the molecule is CN(C)CCOc1ccc(-c2nc(-c3cc(Cl)cc(C(=O)O)c3)c(-c3ccncc3)[nH]2)cc1. The molecule has 2 heterocycles. The number of rotatable bonds is 8. The van der Waals surface area contributed by atoms with Crippen LogP contribution >= 0.6 is 11.6 Å². The number of benzene rings is 2. The monoisotopic (exact) mass is 462 g/mol. The molecule has 0 unspecified atom stereocenters. The van der Waals surface area contributed by atoms with Crippen LogP contribution in [-0.2, 0) is 0 Å². The maximum atomic E-state index is 11.6. The van der Waals surface area contributed by atoms with Gasteiger partial charge < -0.3 is 19.7 Å². The van der Waals surface area contributed by atoms with Crippen LogP contribution in [0.4, 0.5) is 0 Å². The predicted molar refractivity (Wildman–Crippen MR) is 129 cm³/mol. The van der Waals surface area contributed by atoms with Crippen molar-refractivity contribution in [3.05, 3.63) is 77.6 Å². The fourth-order valence-corrected chi connectivity index (χ4v) is 3.59. The lowest BCUT2D eigenvalue weighted by Crippen LogP contribution is -2.19. The number of hydrogen-bond donors (Lipinski definition) is 2. The average Bonchev–Trinajstić information content (AvgIpc) is 3.25. The van der Waals surface area contributed by atoms with Crippen molar-refractivity contribution in [1.82, 2.24) is 19.9 Å². The van der Waals surface area contributed by atoms with Crippen LogP contribution in [0.15, 0.2) is 67.0 Å². The first-order chi connectivity index (χ1) is 15.9. The smallest absolute Gasteiger partial charge is 0.335 e. The summed E-state index contributed by atoms with van der Waals surface area (Å²) in [7, 11) is 4.00. The van der Waals surface area contributed by atoms with E-state index in [9.17, 15) is 9.90 Å². The summed E-state index contributed by atoms with van der Waals surface area (Å²) < 4.78 is 5.77. The van der Waals surface area contributed by atoms with Gasteiger partial charge in [0.05, 0.1) is 17.0 Å². The molecule has 0 aliphatic rings. The van der Waals surface area contributed by atoms with Crippen molar-refractivity contribution in [3.63, 3.8) is 0 Å². The van der Waals surface area contributed by atoms with Gasteiger partial charge in [0.25, 0.3) is 0 Å². The Morgan fingerprint density at radius 1 is 1.03 bits per heavy atom. The van der Waals surface area contributed by atoms with Crippen LogP contribution in [-0.4, -0.2) is 58.2 Å². The summed E-state index contributed by atoms with van der Waals surface area (Å²) in [4.78, 5) is 25.9. The highest BCUT2D eigenvalue weighted by Gasteiger charge is 2.17. The molecule has 0 atom stereocenters. The topological polar surface area (TPSA) is 91.3 Å². The maximum absolute atomic E-state index is 11.6. The van der Waals surface area contributed by atoms with Crippen molar-refractivity contribution in [1.29, 1.82) is 0 Å². The Kier molecular flexibility index (Phi) is 6.72. The number of nitrogens with zero attached hydrogens (tertiary/aromatic N) is 3. The lowest BCUT2D eigenvalue weighted by Gasteiger charge is -2.11. The Morgan fingerprint density at radius 2 is 1.76 bits per heavy atom. The molecule has 0 amide bonds. The molecule has 0 aliphatic heterocycles. The highest BCUT2D eigenvalue weighted by atomic mass is 35.5. The molecule has 2 N–H and O–H groups in total. The minimum atomic E-state index is -1.05. The number of carbonyl (C=O) groups is 1. The fraction of sp³-hybridized carbons (Fsp3) is 0.160. The van der Waals surface area contributed by atoms with Crippen molar-refractivity contribution in [2.24, 2.45) is 0 Å². The van der Waals surface area contributed by atoms with E-state index in [4.69, 9.17) is 21.3 Å². The Hall–Kier alpha value is -3.68. The summed E-state index contributed by atoms with van der Waals surface area (Å²) in [5.74, 6) is 0.376. The van der Waals surface area contributed by atoms with Gasteiger partial charge in [-0.3, -0.25) is 4.98 Å². The molecular weight excluding hydrogens is 440 g/mol. The van der Waals surface area contributed by atoms with E-state index >= 15 is 0 Å². The largest absolute Gasteiger partial charge is 0.492 e. The number of hydrogen-bond acceptors (Lipinski definition) is 5. The van der Waals surface area contributed by atoms with E-state index in [0.29, 0.717) is 28.7 Å². The number of halogens is 1. The van der Waals surface area contributed by atoms with Gasteiger partial charge in [0, 0.05) is 40.7 Å². The van der Waals surface area contributed by atoms with Crippen LogP contribution in [0.1, 0.15) is 10.4 Å². The van der Waals surface area contributed by atoms with Crippen LogP contribution in [0, 0.1) is 0 Å². The number of nitrogens with one attached hydrogen (secondary N) is 1. The lowest BCUT2D eigenvalue weighted by atomic mass is 10.0. The summed E-state index contributed by atoms with van der Waals surface area (Å²) in [5.41, 5.74) is 3.81. The molecule has 2 aromatic carbocycles. The third-order valence-corrected chi connectivity index (χ3v) is 5.24. The van der Waals surface area contributed by atoms with Gasteiger partial charge in [-0.2, -0.15) is 0 Å². The number of likely N-dealkylation sites (N-methyl/N-ethyl adjacent to an activating group) is 1. The van der Waals surface area contributed by atoms with Gasteiger partial charge in [-0.15, -0.1) is 0 Å². The number of pyridine rings is 1. The third-order valence-electron chi connectivity index (χ3n) is 5.03. The zero-order valence-corrected chi connectivity index (χ0v) is 19.0. The average molecular weight is 463 g/mol. The van der Waals surface area contributed by atoms with E-state index < -0.39 is 5.97 Å². The van der Waals surface area contributed by atoms with Crippen molar-refractivity contribution in [2.75, 3.05) is 27.2 Å². The van der Waals surface area contributed by atoms with E-state index in [1.165, 1.54) is 6.07 Å². The number of aromatic amines is 1. The minimum Gasteiger partial charge on any atom is -0.492 e. The number of imidazole rings is 1. The highest BCUT2D eigenvalue weighted by molar-refractivity contribution is 6.31. The van der Waals surface area contributed by atoms with Crippen molar-refractivity contribution < 1.29 is 14.6 Å². The number of aromatic carboxylic acids is 1. The number of ether oxygens (including phenoxy) is 1. The van der Waals surface area contributed by atoms with Gasteiger partial charge in [0.1, 0.15) is 18.2 Å². The second-order valence-corrected chi connectivity index (χ2v) is 8.19. The molecule has 8 heteroatoms. The van der Waals surface area contributed by atoms with Crippen LogP contribution in [0.5, 0.6) is 5.75 Å². The van der Waals surface area contributed by atoms with Gasteiger partial charge in [0.15, 0.2) is 0 Å². The first-order valence-corrected chi connectivity index (χ1v) is 10.7. The molecule has 0 bridgehead atoms. The fourth-order valence-electron chi connectivity index (χ4n) is 3.35. The van der Waals surface area contributed by atoms with Crippen molar-refractivity contribution in [3.8, 4) is 39.7 Å². The van der Waals surface area contributed by atoms with E-state index in [2.05, 4.69) is 14.9 Å². The Morgan fingerprint density at radius 3 is 2.42 bits per heavy atom. The van der Waals surface area contributed by atoms with Crippen LogP contribution in [0.2, 0.25) is 5.02 Å². The molecule has 0 radical (unpaired) electrons. The Bertz CT molecular complexity index is 1250. The summed E-state index contributed by atoms with van der Waals surface area (Å²) in [6, 6.07) is 16.1. The number of aromatic nitrogens is 3. The molecule has 4 rings (SSSR count). The van der Waals surface area contributed by atoms with Crippen molar-refractivity contribution in [2.45, 2.75) is 0 Å². The second-order valence-electron chi connectivity index (χ2n) is 7.75. The Labute approximate surface area is 196 Å². The molecule has 0 saturated carbocycles. The molecule has 0 saturated heterocycles. The highest BCUT2D eigenvalue weighted by Crippen LogP contribution is 2.35. The third kappa shape index (κ3) is 5.39. The molecule has 33 heavy (non-hydrogen) atoms. The van der Waals surface area contributed by atoms with E-state index in [1.54, 1.807) is 24.5 Å². The number of carboxylic acids is 1. The van der Waals surface area contributed by atoms with E-state index in [-0.39, 0.29) is 5.56 Å². The maximum Gasteiger partial charge on any atom is 0.335 e. The van der Waals surface area contributed by atoms with Gasteiger partial charge in [-0.05, 0) is 68.7 Å². The molecule has 7 nitrogen and oxygen atoms in total. The summed E-state index contributed by atoms with van der Waals surface area (Å²) in [6.45, 7) is 1.43. The predicted octanol–water partition coefficient (Wildman–Crippen LogP) is 5.10. The van der Waals surface area contributed by atoms with E-state index in [1.807, 2.05) is 50.5 Å². The first kappa shape index (κ1) is 22.5. The number of carboxylic acid groups (broad SMARTS) is 1. The molecular formula is C25H23ClN4O3. The molecule has 168 valence electrons. The zero-order chi connectivity index (χ0) is 23.4. The van der Waals surface area contributed by atoms with Crippen LogP contribution in [0.25, 0.3) is 33.9 Å². The standard InChI is InChI=1S/C25H23ClN4O3/c1-30(2)11-12-33-21-5-3-17(4-6-21)24-28-22(16-7-9-27-10-8-16)23(29-24)18-13-19(25(31)32)15-20(26)14-18/h3-10,13-15H,11-12H2,1-2H3,(H,28,29)(H,31,32). The normalized spacial score (nSPS) is 11.0. The van der Waals surface area contributed by atoms with Gasteiger partial charge >= 0.3 is 5.97 Å². The summed E-state index contributed by atoms with van der Waals surface area (Å²) >= 11 is 6.22. The number of H-pyrrole nitrogens is 1. The van der Waals surface area contributed by atoms with Crippen molar-refractivity contribution >= 4 is 17.6 Å². The second kappa shape index (κ2) is 9.85. The quantitative estimate of drug-likeness (QED) is 0.378. The zero-order valence-electron chi connectivity index (χ0n) is 18.2. The first-order valence-electron chi connectivity index (χ1n) is 10.3. The van der Waals surface area contributed by atoms with E-state index in [0.717, 1.165) is 29.1 Å².